The Morgan fingerprint density at radius 2 is 1.64 bits per heavy atom. The van der Waals surface area contributed by atoms with Crippen LogP contribution in [0.5, 0.6) is 11.5 Å². The highest BCUT2D eigenvalue weighted by Gasteiger charge is 2.46. The van der Waals surface area contributed by atoms with E-state index in [0.717, 1.165) is 27.8 Å². The summed E-state index contributed by atoms with van der Waals surface area (Å²) in [5.41, 5.74) is 6.02. The lowest BCUT2D eigenvalue weighted by molar-refractivity contribution is -0.140. The van der Waals surface area contributed by atoms with Crippen molar-refractivity contribution in [1.82, 2.24) is 4.90 Å². The molecule has 0 aliphatic carbocycles. The quantitative estimate of drug-likeness (QED) is 0.268. The van der Waals surface area contributed by atoms with E-state index in [-0.39, 0.29) is 29.4 Å². The Kier molecular flexibility index (Phi) is 6.88. The number of carbonyl (C=O) groups is 2. The molecule has 1 saturated heterocycles. The van der Waals surface area contributed by atoms with Crippen molar-refractivity contribution < 1.29 is 24.5 Å². The number of ether oxygens (including phenoxy) is 1. The van der Waals surface area contributed by atoms with Gasteiger partial charge in [0, 0.05) is 12.1 Å². The number of phenols is 1. The number of hydrogen-bond donors (Lipinski definition) is 2. The zero-order valence-corrected chi connectivity index (χ0v) is 21.3. The predicted octanol–water partition coefficient (Wildman–Crippen LogP) is 5.65. The van der Waals surface area contributed by atoms with Gasteiger partial charge >= 0.3 is 0 Å². The maximum Gasteiger partial charge on any atom is 0.295 e. The van der Waals surface area contributed by atoms with E-state index in [1.54, 1.807) is 25.1 Å². The van der Waals surface area contributed by atoms with Crippen LogP contribution in [0.2, 0.25) is 0 Å². The molecule has 6 heteroatoms. The third-order valence-electron chi connectivity index (χ3n) is 6.77. The second kappa shape index (κ2) is 9.90. The Hall–Kier alpha value is -4.06. The zero-order valence-electron chi connectivity index (χ0n) is 21.3. The van der Waals surface area contributed by atoms with Crippen LogP contribution in [0.25, 0.3) is 5.76 Å². The van der Waals surface area contributed by atoms with Crippen LogP contribution in [0.4, 0.5) is 0 Å². The molecule has 36 heavy (non-hydrogen) atoms. The first-order valence-corrected chi connectivity index (χ1v) is 12.0. The number of benzene rings is 3. The largest absolute Gasteiger partial charge is 0.507 e. The normalized spacial score (nSPS) is 17.0. The third-order valence-corrected chi connectivity index (χ3v) is 6.77. The van der Waals surface area contributed by atoms with Crippen molar-refractivity contribution in [1.29, 1.82) is 0 Å². The molecule has 1 aliphatic heterocycles. The first kappa shape index (κ1) is 25.0. The molecule has 1 heterocycles. The number of aryl methyl sites for hydroxylation is 4. The van der Waals surface area contributed by atoms with Gasteiger partial charge in [0.25, 0.3) is 11.7 Å². The fourth-order valence-corrected chi connectivity index (χ4v) is 4.56. The minimum Gasteiger partial charge on any atom is -0.507 e. The first-order valence-electron chi connectivity index (χ1n) is 12.0. The lowest BCUT2D eigenvalue weighted by Crippen LogP contribution is -2.29. The molecular formula is C30H31NO5. The molecule has 1 unspecified atom stereocenters. The highest BCUT2D eigenvalue weighted by Crippen LogP contribution is 2.43. The van der Waals surface area contributed by atoms with Crippen LogP contribution < -0.4 is 4.74 Å². The van der Waals surface area contributed by atoms with E-state index < -0.39 is 17.7 Å². The van der Waals surface area contributed by atoms with Gasteiger partial charge in [-0.2, -0.15) is 0 Å². The number of hydrogen-bond acceptors (Lipinski definition) is 5. The highest BCUT2D eigenvalue weighted by molar-refractivity contribution is 6.46. The number of aromatic hydroxyl groups is 1. The van der Waals surface area contributed by atoms with E-state index >= 15 is 0 Å². The monoisotopic (exact) mass is 485 g/mol. The second-order valence-electron chi connectivity index (χ2n) is 9.32. The van der Waals surface area contributed by atoms with E-state index in [4.69, 9.17) is 4.74 Å². The minimum absolute atomic E-state index is 0.0155. The summed E-state index contributed by atoms with van der Waals surface area (Å²) in [6, 6.07) is 15.3. The first-order chi connectivity index (χ1) is 17.1. The van der Waals surface area contributed by atoms with Gasteiger partial charge in [0.2, 0.25) is 0 Å². The van der Waals surface area contributed by atoms with Gasteiger partial charge in [-0.15, -0.1) is 0 Å². The number of phenolic OH excluding ortho intramolecular Hbond substituents is 1. The van der Waals surface area contributed by atoms with Crippen LogP contribution in [0.3, 0.4) is 0 Å². The smallest absolute Gasteiger partial charge is 0.295 e. The van der Waals surface area contributed by atoms with E-state index in [0.29, 0.717) is 17.7 Å². The number of amides is 1. The Balaban J connectivity index is 1.92. The van der Waals surface area contributed by atoms with Crippen LogP contribution >= 0.6 is 0 Å². The van der Waals surface area contributed by atoms with Crippen molar-refractivity contribution in [2.24, 2.45) is 0 Å². The molecule has 0 bridgehead atoms. The molecule has 0 spiro atoms. The maximum atomic E-state index is 13.4. The molecule has 6 nitrogen and oxygen atoms in total. The van der Waals surface area contributed by atoms with Crippen LogP contribution in [-0.2, 0) is 16.1 Å². The van der Waals surface area contributed by atoms with Gasteiger partial charge in [0.1, 0.15) is 5.76 Å². The number of nitrogens with zero attached hydrogens (tertiary/aromatic N) is 1. The van der Waals surface area contributed by atoms with E-state index in [2.05, 4.69) is 0 Å². The van der Waals surface area contributed by atoms with Crippen LogP contribution in [0, 0.1) is 27.7 Å². The van der Waals surface area contributed by atoms with Crippen molar-refractivity contribution in [3.8, 4) is 11.5 Å². The standard InChI is InChI=1S/C30H31NO5/c1-6-36-25-15-21(11-12-24(25)32)27-26(28(33)22-10-9-18(3)20(5)14-22)29(34)30(35)31(27)16-23-13-17(2)7-8-19(23)4/h7-15,27,32-33H,6,16H2,1-5H3/b28-26-. The molecule has 0 aromatic heterocycles. The molecule has 1 aliphatic rings. The summed E-state index contributed by atoms with van der Waals surface area (Å²) in [6.07, 6.45) is 0. The molecule has 0 radical (unpaired) electrons. The molecule has 4 rings (SSSR count). The van der Waals surface area contributed by atoms with Crippen LogP contribution in [0.1, 0.15) is 51.9 Å². The summed E-state index contributed by atoms with van der Waals surface area (Å²) >= 11 is 0. The summed E-state index contributed by atoms with van der Waals surface area (Å²) in [5, 5.41) is 21.6. The molecule has 2 N–H and O–H groups in total. The Bertz CT molecular complexity index is 1390. The number of rotatable bonds is 6. The molecule has 1 amide bonds. The van der Waals surface area contributed by atoms with Crippen LogP contribution in [-0.4, -0.2) is 33.4 Å². The topological polar surface area (TPSA) is 87.1 Å². The van der Waals surface area contributed by atoms with Gasteiger partial charge in [-0.3, -0.25) is 9.59 Å². The van der Waals surface area contributed by atoms with Gasteiger partial charge in [0.15, 0.2) is 11.5 Å². The van der Waals surface area contributed by atoms with Crippen molar-refractivity contribution in [2.75, 3.05) is 6.61 Å². The van der Waals surface area contributed by atoms with Crippen molar-refractivity contribution in [3.05, 3.63) is 99.1 Å². The van der Waals surface area contributed by atoms with Crippen LogP contribution in [0.15, 0.2) is 60.2 Å². The number of aliphatic hydroxyl groups excluding tert-OH is 1. The Morgan fingerprint density at radius 1 is 0.917 bits per heavy atom. The van der Waals surface area contributed by atoms with Gasteiger partial charge in [-0.05, 0) is 80.6 Å². The predicted molar refractivity (Wildman–Crippen MR) is 139 cm³/mol. The average molecular weight is 486 g/mol. The summed E-state index contributed by atoms with van der Waals surface area (Å²) in [4.78, 5) is 28.3. The fourth-order valence-electron chi connectivity index (χ4n) is 4.56. The minimum atomic E-state index is -0.855. The number of aliphatic hydroxyl groups is 1. The number of ketones is 1. The Morgan fingerprint density at radius 3 is 2.33 bits per heavy atom. The van der Waals surface area contributed by atoms with E-state index in [9.17, 15) is 19.8 Å². The zero-order chi connectivity index (χ0) is 26.1. The van der Waals surface area contributed by atoms with Gasteiger partial charge < -0.3 is 19.8 Å². The molecule has 3 aromatic carbocycles. The summed E-state index contributed by atoms with van der Waals surface area (Å²) < 4.78 is 5.57. The van der Waals surface area contributed by atoms with E-state index in [1.807, 2.05) is 58.0 Å². The Labute approximate surface area is 211 Å². The van der Waals surface area contributed by atoms with Gasteiger partial charge in [-0.1, -0.05) is 42.0 Å². The molecule has 0 saturated carbocycles. The van der Waals surface area contributed by atoms with Gasteiger partial charge in [-0.25, -0.2) is 0 Å². The summed E-state index contributed by atoms with van der Waals surface area (Å²) in [6.45, 7) is 10.2. The van der Waals surface area contributed by atoms with Crippen molar-refractivity contribution in [3.63, 3.8) is 0 Å². The average Bonchev–Trinajstić information content (AvgIpc) is 3.09. The maximum absolute atomic E-state index is 13.4. The third kappa shape index (κ3) is 4.59. The van der Waals surface area contributed by atoms with Gasteiger partial charge in [0.05, 0.1) is 18.2 Å². The molecule has 1 fully saturated rings. The lowest BCUT2D eigenvalue weighted by atomic mass is 9.93. The van der Waals surface area contributed by atoms with Crippen molar-refractivity contribution >= 4 is 17.4 Å². The van der Waals surface area contributed by atoms with E-state index in [1.165, 1.54) is 11.0 Å². The lowest BCUT2D eigenvalue weighted by Gasteiger charge is -2.26. The molecule has 3 aromatic rings. The summed E-state index contributed by atoms with van der Waals surface area (Å²) in [5.74, 6) is -1.44. The van der Waals surface area contributed by atoms with Crippen molar-refractivity contribution in [2.45, 2.75) is 47.2 Å². The fraction of sp³-hybridized carbons (Fsp3) is 0.267. The second-order valence-corrected chi connectivity index (χ2v) is 9.32. The number of Topliss-reactive ketones (excluding diaryl/α,β-unsaturated/α-hetero) is 1. The molecule has 1 atom stereocenters. The number of carbonyl (C=O) groups excluding carboxylic acids is 2. The SMILES string of the molecule is CCOc1cc(C2/C(=C(/O)c3ccc(C)c(C)c3)C(=O)C(=O)N2Cc2cc(C)ccc2C)ccc1O. The molecule has 186 valence electrons. The summed E-state index contributed by atoms with van der Waals surface area (Å²) in [7, 11) is 0. The highest BCUT2D eigenvalue weighted by atomic mass is 16.5. The molecular weight excluding hydrogens is 454 g/mol. The number of likely N-dealkylation sites (tertiary alicyclic amines) is 1.